The molecule has 0 fully saturated rings. The van der Waals surface area contributed by atoms with E-state index < -0.39 is 0 Å². The molecule has 1 N–H and O–H groups in total. The van der Waals surface area contributed by atoms with Crippen molar-refractivity contribution in [2.75, 3.05) is 0 Å². The summed E-state index contributed by atoms with van der Waals surface area (Å²) in [6, 6.07) is 9.42. The minimum atomic E-state index is 0.607. The van der Waals surface area contributed by atoms with Crippen molar-refractivity contribution in [3.05, 3.63) is 41.0 Å². The maximum Gasteiger partial charge on any atom is 0.212 e. The van der Waals surface area contributed by atoms with Gasteiger partial charge in [-0.15, -0.1) is 0 Å². The van der Waals surface area contributed by atoms with Gasteiger partial charge in [0.1, 0.15) is 11.1 Å². The number of nitrogens with zero attached hydrogens (tertiary/aromatic N) is 1. The zero-order valence-corrected chi connectivity index (χ0v) is 7.47. The zero-order valence-electron chi connectivity index (χ0n) is 6.71. The first kappa shape index (κ1) is 8.03. The third-order valence-electron chi connectivity index (χ3n) is 1.87. The molecule has 2 rings (SSSR count). The van der Waals surface area contributed by atoms with Gasteiger partial charge < -0.3 is 0 Å². The summed E-state index contributed by atoms with van der Waals surface area (Å²) < 4.78 is 0. The lowest BCUT2D eigenvalue weighted by Gasteiger charge is -1.93. The lowest BCUT2D eigenvalue weighted by Crippen LogP contribution is -2.02. The topological polar surface area (TPSA) is 37.9 Å². The van der Waals surface area contributed by atoms with Crippen molar-refractivity contribution >= 4 is 22.5 Å². The molecule has 62 valence electrons. The van der Waals surface area contributed by atoms with Gasteiger partial charge in [0.25, 0.3) is 0 Å². The van der Waals surface area contributed by atoms with E-state index in [1.54, 1.807) is 18.3 Å². The Hall–Kier alpha value is -1.59. The highest BCUT2D eigenvalue weighted by Crippen LogP contribution is 2.17. The number of fused-ring (bicyclic) bond motifs is 1. The normalized spacial score (nSPS) is 9.85. The fraction of sp³-hybridized carbons (Fsp3) is 0. The summed E-state index contributed by atoms with van der Waals surface area (Å²) in [6.45, 7) is 0. The van der Waals surface area contributed by atoms with E-state index in [4.69, 9.17) is 16.9 Å². The molecule has 0 atom stereocenters. The Morgan fingerprint density at radius 2 is 2.23 bits per heavy atom. The number of nitrogens with one attached hydrogen (secondary N) is 1. The van der Waals surface area contributed by atoms with E-state index in [9.17, 15) is 0 Å². The van der Waals surface area contributed by atoms with Crippen molar-refractivity contribution in [1.29, 1.82) is 5.26 Å². The number of hydrogen-bond acceptors (Lipinski definition) is 1. The van der Waals surface area contributed by atoms with Gasteiger partial charge in [0.2, 0.25) is 5.52 Å². The third kappa shape index (κ3) is 1.34. The standard InChI is InChI=1S/C10H5ClN2/c11-8-4-9-7(5-12)2-1-3-10(9)13-6-8/h1-4,6H/p+1. The number of H-pyrrole nitrogens is 1. The Kier molecular flexibility index (Phi) is 1.88. The average Bonchev–Trinajstić information content (AvgIpc) is 2.17. The molecule has 0 amide bonds. The molecule has 0 spiro atoms. The Balaban J connectivity index is 2.89. The van der Waals surface area contributed by atoms with Gasteiger partial charge in [-0.1, -0.05) is 17.7 Å². The van der Waals surface area contributed by atoms with Crippen LogP contribution in [0.5, 0.6) is 0 Å². The average molecular weight is 190 g/mol. The van der Waals surface area contributed by atoms with Crippen LogP contribution in [-0.2, 0) is 0 Å². The molecule has 1 heterocycles. The third-order valence-corrected chi connectivity index (χ3v) is 2.09. The summed E-state index contributed by atoms with van der Waals surface area (Å²) in [5.41, 5.74) is 1.56. The summed E-state index contributed by atoms with van der Waals surface area (Å²) in [6.07, 6.45) is 1.70. The van der Waals surface area contributed by atoms with Gasteiger partial charge >= 0.3 is 0 Å². The largest absolute Gasteiger partial charge is 0.212 e. The molecule has 0 aliphatic rings. The van der Waals surface area contributed by atoms with Crippen molar-refractivity contribution in [2.45, 2.75) is 0 Å². The fourth-order valence-electron chi connectivity index (χ4n) is 1.27. The predicted octanol–water partition coefficient (Wildman–Crippen LogP) is 2.18. The number of rotatable bonds is 0. The van der Waals surface area contributed by atoms with Gasteiger partial charge in [-0.25, -0.2) is 4.98 Å². The number of aromatic nitrogens is 1. The minimum Gasteiger partial charge on any atom is -0.210 e. The van der Waals surface area contributed by atoms with Crippen molar-refractivity contribution < 1.29 is 4.98 Å². The zero-order chi connectivity index (χ0) is 9.26. The fourth-order valence-corrected chi connectivity index (χ4v) is 1.43. The number of nitriles is 1. The molecule has 2 nitrogen and oxygen atoms in total. The second kappa shape index (κ2) is 3.04. The molecule has 1 aromatic carbocycles. The van der Waals surface area contributed by atoms with Crippen LogP contribution in [0.4, 0.5) is 0 Å². The molecule has 0 bridgehead atoms. The van der Waals surface area contributed by atoms with Crippen molar-refractivity contribution in [3.8, 4) is 6.07 Å². The number of aromatic amines is 1. The lowest BCUT2D eigenvalue weighted by molar-refractivity contribution is -0.344. The maximum absolute atomic E-state index is 8.82. The van der Waals surface area contributed by atoms with Gasteiger partial charge in [0.05, 0.1) is 10.9 Å². The molecule has 0 aliphatic carbocycles. The van der Waals surface area contributed by atoms with Crippen LogP contribution in [0.1, 0.15) is 5.56 Å². The summed E-state index contributed by atoms with van der Waals surface area (Å²) in [7, 11) is 0. The molecule has 0 saturated carbocycles. The summed E-state index contributed by atoms with van der Waals surface area (Å²) in [4.78, 5) is 3.01. The van der Waals surface area contributed by atoms with Crippen LogP contribution in [0.25, 0.3) is 10.9 Å². The van der Waals surface area contributed by atoms with Gasteiger partial charge in [-0.2, -0.15) is 5.26 Å². The number of pyridine rings is 1. The molecule has 0 radical (unpaired) electrons. The number of halogens is 1. The minimum absolute atomic E-state index is 0.607. The summed E-state index contributed by atoms with van der Waals surface area (Å²) >= 11 is 5.81. The second-order valence-corrected chi connectivity index (χ2v) is 3.13. The Morgan fingerprint density at radius 3 is 3.00 bits per heavy atom. The van der Waals surface area contributed by atoms with E-state index >= 15 is 0 Å². The number of hydrogen-bond donors (Lipinski definition) is 0. The first-order valence-corrected chi connectivity index (χ1v) is 4.19. The quantitative estimate of drug-likeness (QED) is 0.626. The van der Waals surface area contributed by atoms with Crippen LogP contribution in [0.2, 0.25) is 5.02 Å². The van der Waals surface area contributed by atoms with Gasteiger partial charge in [-0.3, -0.25) is 0 Å². The van der Waals surface area contributed by atoms with E-state index in [-0.39, 0.29) is 0 Å². The molecule has 0 aliphatic heterocycles. The first-order valence-electron chi connectivity index (χ1n) is 3.81. The van der Waals surface area contributed by atoms with Crippen LogP contribution >= 0.6 is 11.6 Å². The van der Waals surface area contributed by atoms with Crippen LogP contribution in [0.15, 0.2) is 30.5 Å². The number of benzene rings is 1. The van der Waals surface area contributed by atoms with E-state index in [1.165, 1.54) is 0 Å². The summed E-state index contributed by atoms with van der Waals surface area (Å²) in [5, 5.41) is 10.3. The highest BCUT2D eigenvalue weighted by atomic mass is 35.5. The predicted molar refractivity (Wildman–Crippen MR) is 50.2 cm³/mol. The molecular weight excluding hydrogens is 184 g/mol. The van der Waals surface area contributed by atoms with Crippen LogP contribution in [0, 0.1) is 11.3 Å². The Morgan fingerprint density at radius 1 is 1.38 bits per heavy atom. The second-order valence-electron chi connectivity index (χ2n) is 2.70. The van der Waals surface area contributed by atoms with E-state index in [0.29, 0.717) is 10.6 Å². The van der Waals surface area contributed by atoms with E-state index in [1.807, 2.05) is 12.1 Å². The lowest BCUT2D eigenvalue weighted by atomic mass is 10.1. The molecule has 1 aromatic heterocycles. The maximum atomic E-state index is 8.82. The Labute approximate surface area is 80.4 Å². The molecule has 2 aromatic rings. The highest BCUT2D eigenvalue weighted by Gasteiger charge is 2.05. The Bertz CT molecular complexity index is 500. The SMILES string of the molecule is N#Cc1cccc2[nH+]cc(Cl)cc12. The van der Waals surface area contributed by atoms with E-state index in [2.05, 4.69) is 11.1 Å². The molecular formula is C10H6ClN2+. The molecule has 0 unspecified atom stereocenters. The first-order chi connectivity index (χ1) is 6.31. The summed E-state index contributed by atoms with van der Waals surface area (Å²) in [5.74, 6) is 0. The van der Waals surface area contributed by atoms with Crippen LogP contribution < -0.4 is 4.98 Å². The van der Waals surface area contributed by atoms with Gasteiger partial charge in [0.15, 0.2) is 6.20 Å². The monoisotopic (exact) mass is 189 g/mol. The van der Waals surface area contributed by atoms with Gasteiger partial charge in [0, 0.05) is 6.07 Å². The smallest absolute Gasteiger partial charge is 0.210 e. The van der Waals surface area contributed by atoms with Crippen molar-refractivity contribution in [1.82, 2.24) is 0 Å². The highest BCUT2D eigenvalue weighted by molar-refractivity contribution is 6.30. The van der Waals surface area contributed by atoms with Gasteiger partial charge in [-0.05, 0) is 12.1 Å². The van der Waals surface area contributed by atoms with Crippen LogP contribution in [0.3, 0.4) is 0 Å². The molecule has 13 heavy (non-hydrogen) atoms. The van der Waals surface area contributed by atoms with Crippen molar-refractivity contribution in [3.63, 3.8) is 0 Å². The van der Waals surface area contributed by atoms with Crippen molar-refractivity contribution in [2.24, 2.45) is 0 Å². The van der Waals surface area contributed by atoms with Crippen LogP contribution in [-0.4, -0.2) is 0 Å². The van der Waals surface area contributed by atoms with E-state index in [0.717, 1.165) is 10.9 Å². The molecule has 0 saturated heterocycles. The molecule has 3 heteroatoms.